The molecule has 2 heterocycles. The van der Waals surface area contributed by atoms with Crippen LogP contribution in [0, 0.1) is 0 Å². The summed E-state index contributed by atoms with van der Waals surface area (Å²) >= 11 is 0. The van der Waals surface area contributed by atoms with E-state index < -0.39 is 0 Å². The van der Waals surface area contributed by atoms with Crippen LogP contribution in [0.25, 0.3) is 0 Å². The second-order valence-corrected chi connectivity index (χ2v) is 4.81. The number of imide groups is 1. The van der Waals surface area contributed by atoms with Gasteiger partial charge in [-0.1, -0.05) is 30.3 Å². The minimum atomic E-state index is -0.207. The van der Waals surface area contributed by atoms with Gasteiger partial charge in [-0.3, -0.25) is 14.5 Å². The molecule has 98 valence electrons. The molecule has 2 aliphatic heterocycles. The molecular formula is C15H15NO3. The lowest BCUT2D eigenvalue weighted by molar-refractivity contribution is -0.136. The highest BCUT2D eigenvalue weighted by Gasteiger charge is 2.39. The molecule has 1 saturated heterocycles. The number of hydrogen-bond acceptors (Lipinski definition) is 3. The average molecular weight is 257 g/mol. The SMILES string of the molecule is O=C1C=CC(=O)N1CCCC1OC1c1ccccc1. The summed E-state index contributed by atoms with van der Waals surface area (Å²) in [7, 11) is 0. The van der Waals surface area contributed by atoms with Crippen molar-refractivity contribution in [2.45, 2.75) is 25.0 Å². The van der Waals surface area contributed by atoms with Gasteiger partial charge in [0.2, 0.25) is 0 Å². The summed E-state index contributed by atoms with van der Waals surface area (Å²) in [4.78, 5) is 24.0. The minimum Gasteiger partial charge on any atom is -0.365 e. The third-order valence-electron chi connectivity index (χ3n) is 3.48. The Kier molecular flexibility index (Phi) is 3.17. The Bertz CT molecular complexity index is 505. The molecule has 2 aliphatic rings. The number of hydrogen-bond donors (Lipinski definition) is 0. The fraction of sp³-hybridized carbons (Fsp3) is 0.333. The van der Waals surface area contributed by atoms with Crippen LogP contribution in [-0.4, -0.2) is 29.4 Å². The van der Waals surface area contributed by atoms with Gasteiger partial charge in [-0.15, -0.1) is 0 Å². The first-order valence-electron chi connectivity index (χ1n) is 6.49. The van der Waals surface area contributed by atoms with Gasteiger partial charge in [0.15, 0.2) is 0 Å². The van der Waals surface area contributed by atoms with Crippen LogP contribution < -0.4 is 0 Å². The first-order chi connectivity index (χ1) is 9.25. The number of rotatable bonds is 5. The van der Waals surface area contributed by atoms with E-state index in [-0.39, 0.29) is 24.0 Å². The third kappa shape index (κ3) is 2.58. The molecule has 3 rings (SSSR count). The highest BCUT2D eigenvalue weighted by Crippen LogP contribution is 2.41. The highest BCUT2D eigenvalue weighted by atomic mass is 16.6. The molecule has 0 bridgehead atoms. The zero-order valence-electron chi connectivity index (χ0n) is 10.5. The Balaban J connectivity index is 1.43. The molecule has 0 radical (unpaired) electrons. The summed E-state index contributed by atoms with van der Waals surface area (Å²) in [5.41, 5.74) is 1.20. The molecule has 19 heavy (non-hydrogen) atoms. The molecular weight excluding hydrogens is 242 g/mol. The number of amides is 2. The van der Waals surface area contributed by atoms with Crippen molar-refractivity contribution in [1.82, 2.24) is 4.90 Å². The van der Waals surface area contributed by atoms with Crippen molar-refractivity contribution < 1.29 is 14.3 Å². The van der Waals surface area contributed by atoms with Crippen molar-refractivity contribution >= 4 is 11.8 Å². The minimum absolute atomic E-state index is 0.185. The van der Waals surface area contributed by atoms with Gasteiger partial charge in [0.25, 0.3) is 11.8 Å². The average Bonchev–Trinajstić information content (AvgIpc) is 3.14. The van der Waals surface area contributed by atoms with Crippen LogP contribution in [0.1, 0.15) is 24.5 Å². The van der Waals surface area contributed by atoms with Gasteiger partial charge in [0, 0.05) is 18.7 Å². The second-order valence-electron chi connectivity index (χ2n) is 4.81. The number of carbonyl (C=O) groups excluding carboxylic acids is 2. The zero-order valence-corrected chi connectivity index (χ0v) is 10.5. The van der Waals surface area contributed by atoms with Crippen molar-refractivity contribution in [3.63, 3.8) is 0 Å². The molecule has 0 saturated carbocycles. The lowest BCUT2D eigenvalue weighted by atomic mass is 10.1. The Morgan fingerprint density at radius 3 is 2.42 bits per heavy atom. The van der Waals surface area contributed by atoms with Gasteiger partial charge < -0.3 is 4.74 Å². The molecule has 0 aliphatic carbocycles. The van der Waals surface area contributed by atoms with Gasteiger partial charge in [0.05, 0.1) is 6.10 Å². The van der Waals surface area contributed by atoms with E-state index in [1.54, 1.807) is 0 Å². The summed E-state index contributed by atoms with van der Waals surface area (Å²) in [5.74, 6) is -0.414. The lowest BCUT2D eigenvalue weighted by Crippen LogP contribution is -2.31. The Morgan fingerprint density at radius 1 is 1.05 bits per heavy atom. The molecule has 4 nitrogen and oxygen atoms in total. The highest BCUT2D eigenvalue weighted by molar-refractivity contribution is 6.12. The van der Waals surface area contributed by atoms with E-state index in [9.17, 15) is 9.59 Å². The first-order valence-corrected chi connectivity index (χ1v) is 6.49. The largest absolute Gasteiger partial charge is 0.365 e. The lowest BCUT2D eigenvalue weighted by Gasteiger charge is -2.12. The first kappa shape index (κ1) is 12.1. The van der Waals surface area contributed by atoms with Crippen LogP contribution in [0.2, 0.25) is 0 Å². The summed E-state index contributed by atoms with van der Waals surface area (Å²) in [6, 6.07) is 10.1. The van der Waals surface area contributed by atoms with Gasteiger partial charge in [-0.2, -0.15) is 0 Å². The topological polar surface area (TPSA) is 49.9 Å². The van der Waals surface area contributed by atoms with Gasteiger partial charge in [-0.05, 0) is 18.4 Å². The van der Waals surface area contributed by atoms with Gasteiger partial charge in [-0.25, -0.2) is 0 Å². The molecule has 0 aromatic heterocycles. The predicted molar refractivity (Wildman–Crippen MR) is 69.2 cm³/mol. The summed E-state index contributed by atoms with van der Waals surface area (Å²) in [6.07, 6.45) is 4.71. The smallest absolute Gasteiger partial charge is 0.253 e. The van der Waals surface area contributed by atoms with E-state index in [0.717, 1.165) is 12.8 Å². The van der Waals surface area contributed by atoms with E-state index in [0.29, 0.717) is 6.54 Å². The maximum atomic E-state index is 11.3. The molecule has 2 amide bonds. The van der Waals surface area contributed by atoms with Crippen molar-refractivity contribution in [3.05, 3.63) is 48.0 Å². The van der Waals surface area contributed by atoms with Crippen molar-refractivity contribution in [3.8, 4) is 0 Å². The number of carbonyl (C=O) groups is 2. The monoisotopic (exact) mass is 257 g/mol. The quantitative estimate of drug-likeness (QED) is 0.597. The summed E-state index contributed by atoms with van der Waals surface area (Å²) in [5, 5.41) is 0. The molecule has 4 heteroatoms. The summed E-state index contributed by atoms with van der Waals surface area (Å²) in [6.45, 7) is 0.478. The Hall–Kier alpha value is -1.94. The Morgan fingerprint density at radius 2 is 1.74 bits per heavy atom. The molecule has 0 N–H and O–H groups in total. The van der Waals surface area contributed by atoms with E-state index in [2.05, 4.69) is 12.1 Å². The van der Waals surface area contributed by atoms with Crippen molar-refractivity contribution in [2.75, 3.05) is 6.54 Å². The fourth-order valence-electron chi connectivity index (χ4n) is 2.40. The van der Waals surface area contributed by atoms with Crippen molar-refractivity contribution in [2.24, 2.45) is 0 Å². The molecule has 2 unspecified atom stereocenters. The van der Waals surface area contributed by atoms with Crippen LogP contribution in [-0.2, 0) is 14.3 Å². The maximum Gasteiger partial charge on any atom is 0.253 e. The second kappa shape index (κ2) is 4.97. The van der Waals surface area contributed by atoms with Gasteiger partial charge >= 0.3 is 0 Å². The van der Waals surface area contributed by atoms with E-state index >= 15 is 0 Å². The number of benzene rings is 1. The maximum absolute atomic E-state index is 11.3. The molecule has 1 aromatic rings. The third-order valence-corrected chi connectivity index (χ3v) is 3.48. The van der Waals surface area contributed by atoms with E-state index in [1.165, 1.54) is 22.6 Å². The molecule has 0 spiro atoms. The molecule has 1 aromatic carbocycles. The fourth-order valence-corrected chi connectivity index (χ4v) is 2.40. The van der Waals surface area contributed by atoms with E-state index in [1.807, 2.05) is 18.2 Å². The number of nitrogens with zero attached hydrogens (tertiary/aromatic N) is 1. The van der Waals surface area contributed by atoms with Crippen LogP contribution in [0.5, 0.6) is 0 Å². The standard InChI is InChI=1S/C15H15NO3/c17-13-8-9-14(18)16(13)10-4-7-12-15(19-12)11-5-2-1-3-6-11/h1-3,5-6,8-9,12,15H,4,7,10H2. The van der Waals surface area contributed by atoms with Crippen LogP contribution in [0.15, 0.2) is 42.5 Å². The zero-order chi connectivity index (χ0) is 13.2. The summed E-state index contributed by atoms with van der Waals surface area (Å²) < 4.78 is 5.62. The van der Waals surface area contributed by atoms with Crippen LogP contribution in [0.3, 0.4) is 0 Å². The van der Waals surface area contributed by atoms with Crippen LogP contribution in [0.4, 0.5) is 0 Å². The molecule has 1 fully saturated rings. The number of epoxide rings is 1. The Labute approximate surface area is 111 Å². The number of ether oxygens (including phenoxy) is 1. The van der Waals surface area contributed by atoms with Crippen LogP contribution >= 0.6 is 0 Å². The van der Waals surface area contributed by atoms with E-state index in [4.69, 9.17) is 4.74 Å². The van der Waals surface area contributed by atoms with Gasteiger partial charge in [0.1, 0.15) is 6.10 Å². The normalized spacial score (nSPS) is 25.2. The predicted octanol–water partition coefficient (Wildman–Crippen LogP) is 1.83. The van der Waals surface area contributed by atoms with Crippen molar-refractivity contribution in [1.29, 1.82) is 0 Å². The molecule has 2 atom stereocenters.